The predicted molar refractivity (Wildman–Crippen MR) is 128 cm³/mol. The van der Waals surface area contributed by atoms with Gasteiger partial charge in [0, 0.05) is 37.3 Å². The number of para-hydroxylation sites is 1. The number of carbonyl (C=O) groups excluding carboxylic acids is 2. The highest BCUT2D eigenvalue weighted by Crippen LogP contribution is 2.27. The molecule has 0 aliphatic carbocycles. The lowest BCUT2D eigenvalue weighted by atomic mass is 9.97. The lowest BCUT2D eigenvalue weighted by Crippen LogP contribution is -2.51. The second-order valence-electron chi connectivity index (χ2n) is 9.02. The molecule has 1 unspecified atom stereocenters. The number of hydrogen-bond acceptors (Lipinski definition) is 4. The second-order valence-corrected chi connectivity index (χ2v) is 10.9. The monoisotopic (exact) mass is 469 g/mol. The molecule has 176 valence electrons. The Hall–Kier alpha value is -2.55. The van der Waals surface area contributed by atoms with Crippen LogP contribution in [0, 0.1) is 11.8 Å². The minimum absolute atomic E-state index is 0.162. The van der Waals surface area contributed by atoms with Gasteiger partial charge in [-0.15, -0.1) is 0 Å². The summed E-state index contributed by atoms with van der Waals surface area (Å²) in [6.07, 6.45) is 2.97. The van der Waals surface area contributed by atoms with E-state index in [0.717, 1.165) is 12.8 Å². The van der Waals surface area contributed by atoms with Gasteiger partial charge in [0.05, 0.1) is 11.6 Å². The third kappa shape index (κ3) is 5.34. The van der Waals surface area contributed by atoms with E-state index in [9.17, 15) is 18.0 Å². The number of ketones is 1. The van der Waals surface area contributed by atoms with Gasteiger partial charge >= 0.3 is 0 Å². The van der Waals surface area contributed by atoms with Crippen LogP contribution in [0.2, 0.25) is 0 Å². The third-order valence-electron chi connectivity index (χ3n) is 6.62. The zero-order chi connectivity index (χ0) is 23.4. The van der Waals surface area contributed by atoms with Crippen LogP contribution >= 0.6 is 0 Å². The molecule has 2 heterocycles. The van der Waals surface area contributed by atoms with Gasteiger partial charge in [-0.2, -0.15) is 17.0 Å². The fourth-order valence-electron chi connectivity index (χ4n) is 4.51. The van der Waals surface area contributed by atoms with E-state index in [-0.39, 0.29) is 18.2 Å². The predicted octanol–water partition coefficient (Wildman–Crippen LogP) is 3.54. The van der Waals surface area contributed by atoms with Gasteiger partial charge in [0.1, 0.15) is 0 Å². The molecular formula is C25H31N3O4S. The third-order valence-corrected chi connectivity index (χ3v) is 8.62. The summed E-state index contributed by atoms with van der Waals surface area (Å²) in [6.45, 7) is 3.81. The van der Waals surface area contributed by atoms with Crippen LogP contribution in [0.25, 0.3) is 0 Å². The Bertz CT molecular complexity index is 1100. The summed E-state index contributed by atoms with van der Waals surface area (Å²) < 4.78 is 29.3. The number of anilines is 1. The summed E-state index contributed by atoms with van der Waals surface area (Å²) in [5.41, 5.74) is 1.41. The Morgan fingerprint density at radius 2 is 1.55 bits per heavy atom. The molecule has 2 saturated heterocycles. The zero-order valence-corrected chi connectivity index (χ0v) is 19.8. The molecule has 4 rings (SSSR count). The van der Waals surface area contributed by atoms with Crippen LogP contribution in [0.3, 0.4) is 0 Å². The van der Waals surface area contributed by atoms with E-state index in [4.69, 9.17) is 0 Å². The zero-order valence-electron chi connectivity index (χ0n) is 18.9. The molecule has 0 spiro atoms. The second kappa shape index (κ2) is 10.2. The molecule has 8 heteroatoms. The van der Waals surface area contributed by atoms with Crippen molar-refractivity contribution in [2.75, 3.05) is 31.5 Å². The van der Waals surface area contributed by atoms with Gasteiger partial charge in [0.2, 0.25) is 5.91 Å². The molecule has 1 atom stereocenters. The first-order chi connectivity index (χ1) is 15.9. The summed E-state index contributed by atoms with van der Waals surface area (Å²) >= 11 is 0. The Morgan fingerprint density at radius 1 is 0.879 bits per heavy atom. The van der Waals surface area contributed by atoms with E-state index in [1.807, 2.05) is 6.07 Å². The number of nitrogens with one attached hydrogen (secondary N) is 1. The normalized spacial score (nSPS) is 20.9. The standard InChI is InChI=1S/C25H31N3O4S/c1-19-13-16-27(17-14-19)33(31,32)28-15-7-10-21(18-28)25(30)26-23-12-6-5-11-22(23)24(29)20-8-3-2-4-9-20/h2-6,8-9,11-12,19,21H,7,10,13-18H2,1H3,(H,26,30). The quantitative estimate of drug-likeness (QED) is 0.656. The number of benzene rings is 2. The fourth-order valence-corrected chi connectivity index (χ4v) is 6.24. The van der Waals surface area contributed by atoms with Gasteiger partial charge in [-0.05, 0) is 43.7 Å². The van der Waals surface area contributed by atoms with Crippen molar-refractivity contribution in [3.63, 3.8) is 0 Å². The summed E-state index contributed by atoms with van der Waals surface area (Å²) in [5, 5.41) is 2.89. The molecule has 2 aromatic carbocycles. The molecule has 2 aliphatic rings. The first kappa shape index (κ1) is 23.6. The number of hydrogen-bond donors (Lipinski definition) is 1. The number of rotatable bonds is 6. The van der Waals surface area contributed by atoms with Crippen LogP contribution in [0.15, 0.2) is 54.6 Å². The highest BCUT2D eigenvalue weighted by atomic mass is 32.2. The molecule has 7 nitrogen and oxygen atoms in total. The minimum atomic E-state index is -3.57. The maximum absolute atomic E-state index is 13.1. The van der Waals surface area contributed by atoms with Gasteiger partial charge in [-0.3, -0.25) is 9.59 Å². The van der Waals surface area contributed by atoms with E-state index in [0.29, 0.717) is 55.2 Å². The van der Waals surface area contributed by atoms with Crippen molar-refractivity contribution < 1.29 is 18.0 Å². The molecule has 2 fully saturated rings. The van der Waals surface area contributed by atoms with Crippen molar-refractivity contribution in [2.45, 2.75) is 32.6 Å². The smallest absolute Gasteiger partial charge is 0.281 e. The number of amides is 1. The fraction of sp³-hybridized carbons (Fsp3) is 0.440. The van der Waals surface area contributed by atoms with Gasteiger partial charge in [0.15, 0.2) is 5.78 Å². The Morgan fingerprint density at radius 3 is 2.27 bits per heavy atom. The van der Waals surface area contributed by atoms with Crippen LogP contribution in [-0.2, 0) is 15.0 Å². The van der Waals surface area contributed by atoms with Crippen LogP contribution in [0.4, 0.5) is 5.69 Å². The topological polar surface area (TPSA) is 86.8 Å². The summed E-state index contributed by atoms with van der Waals surface area (Å²) in [6, 6.07) is 15.9. The van der Waals surface area contributed by atoms with E-state index in [1.165, 1.54) is 4.31 Å². The van der Waals surface area contributed by atoms with Crippen molar-refractivity contribution in [3.05, 3.63) is 65.7 Å². The average molecular weight is 470 g/mol. The van der Waals surface area contributed by atoms with Crippen LogP contribution < -0.4 is 5.32 Å². The summed E-state index contributed by atoms with van der Waals surface area (Å²) in [4.78, 5) is 26.1. The minimum Gasteiger partial charge on any atom is -0.325 e. The molecule has 2 aliphatic heterocycles. The van der Waals surface area contributed by atoms with Crippen molar-refractivity contribution >= 4 is 27.6 Å². The van der Waals surface area contributed by atoms with E-state index >= 15 is 0 Å². The first-order valence-corrected chi connectivity index (χ1v) is 13.0. The average Bonchev–Trinajstić information content (AvgIpc) is 2.85. The Kier molecular flexibility index (Phi) is 7.26. The van der Waals surface area contributed by atoms with E-state index in [2.05, 4.69) is 12.2 Å². The Balaban J connectivity index is 1.46. The van der Waals surface area contributed by atoms with E-state index < -0.39 is 16.1 Å². The maximum Gasteiger partial charge on any atom is 0.281 e. The molecule has 1 amide bonds. The molecule has 2 aromatic rings. The first-order valence-electron chi connectivity index (χ1n) is 11.6. The van der Waals surface area contributed by atoms with Crippen molar-refractivity contribution in [1.29, 1.82) is 0 Å². The van der Waals surface area contributed by atoms with Crippen molar-refractivity contribution in [2.24, 2.45) is 11.8 Å². The van der Waals surface area contributed by atoms with Crippen LogP contribution in [0.5, 0.6) is 0 Å². The van der Waals surface area contributed by atoms with Gasteiger partial charge in [-0.1, -0.05) is 49.4 Å². The molecule has 0 bridgehead atoms. The van der Waals surface area contributed by atoms with E-state index in [1.54, 1.807) is 52.8 Å². The van der Waals surface area contributed by atoms with Crippen molar-refractivity contribution in [3.8, 4) is 0 Å². The molecule has 0 saturated carbocycles. The van der Waals surface area contributed by atoms with Crippen LogP contribution in [0.1, 0.15) is 48.5 Å². The molecule has 0 radical (unpaired) electrons. The maximum atomic E-state index is 13.1. The molecule has 0 aromatic heterocycles. The van der Waals surface area contributed by atoms with Gasteiger partial charge in [0.25, 0.3) is 10.2 Å². The van der Waals surface area contributed by atoms with Crippen molar-refractivity contribution in [1.82, 2.24) is 8.61 Å². The highest BCUT2D eigenvalue weighted by molar-refractivity contribution is 7.86. The molecule has 33 heavy (non-hydrogen) atoms. The Labute approximate surface area is 196 Å². The largest absolute Gasteiger partial charge is 0.325 e. The van der Waals surface area contributed by atoms with Gasteiger partial charge < -0.3 is 5.32 Å². The summed E-state index contributed by atoms with van der Waals surface area (Å²) in [5.74, 6) is -0.346. The highest BCUT2D eigenvalue weighted by Gasteiger charge is 2.37. The SMILES string of the molecule is CC1CCN(S(=O)(=O)N2CCCC(C(=O)Nc3ccccc3C(=O)c3ccccc3)C2)CC1. The van der Waals surface area contributed by atoms with Gasteiger partial charge in [-0.25, -0.2) is 0 Å². The van der Waals surface area contributed by atoms with Crippen LogP contribution in [-0.4, -0.2) is 54.9 Å². The molecular weight excluding hydrogens is 438 g/mol. The summed E-state index contributed by atoms with van der Waals surface area (Å²) in [7, 11) is -3.57. The number of piperidine rings is 2. The lowest BCUT2D eigenvalue weighted by Gasteiger charge is -2.37. The number of carbonyl (C=O) groups is 2. The lowest BCUT2D eigenvalue weighted by molar-refractivity contribution is -0.120. The molecule has 1 N–H and O–H groups in total. The number of nitrogens with zero attached hydrogens (tertiary/aromatic N) is 2.